The maximum Gasteiger partial charge on any atom is 0.397 e. The Hall–Kier alpha value is -2.61. The first-order valence-corrected chi connectivity index (χ1v) is 9.67. The van der Waals surface area contributed by atoms with Gasteiger partial charge < -0.3 is 4.74 Å². The van der Waals surface area contributed by atoms with Gasteiger partial charge in [-0.25, -0.2) is 14.3 Å². The van der Waals surface area contributed by atoms with Gasteiger partial charge in [0.15, 0.2) is 0 Å². The molecule has 1 saturated heterocycles. The molecule has 2 unspecified atom stereocenters. The van der Waals surface area contributed by atoms with E-state index in [9.17, 15) is 9.59 Å². The number of benzene rings is 1. The van der Waals surface area contributed by atoms with E-state index in [1.54, 1.807) is 21.1 Å². The first kappa shape index (κ1) is 18.7. The maximum atomic E-state index is 13.0. The minimum atomic E-state index is -0.573. The second-order valence-electron chi connectivity index (χ2n) is 7.28. The highest BCUT2D eigenvalue weighted by molar-refractivity contribution is 6.32. The van der Waals surface area contributed by atoms with Crippen LogP contribution in [0.2, 0.25) is 5.02 Å². The number of hydrogen-bond acceptors (Lipinski definition) is 5. The van der Waals surface area contributed by atoms with Gasteiger partial charge in [0.25, 0.3) is 5.91 Å². The fourth-order valence-electron chi connectivity index (χ4n) is 4.03. The lowest BCUT2D eigenvalue weighted by Gasteiger charge is -2.35. The van der Waals surface area contributed by atoms with Crippen LogP contribution in [0.4, 0.5) is 10.5 Å². The SMILES string of the molecule is CCN1C(=O)C2C(=NC3=[N+]2CC(C)CN3c2ccc(OC)c(Cl)c2)N(C)C1=O. The third-order valence-electron chi connectivity index (χ3n) is 5.40. The number of fused-ring (bicyclic) bond motifs is 2. The van der Waals surface area contributed by atoms with Crippen molar-refractivity contribution in [2.45, 2.75) is 19.9 Å². The van der Waals surface area contributed by atoms with E-state index in [0.717, 1.165) is 12.2 Å². The highest BCUT2D eigenvalue weighted by atomic mass is 35.5. The van der Waals surface area contributed by atoms with E-state index < -0.39 is 6.04 Å². The molecule has 0 N–H and O–H groups in total. The second kappa shape index (κ2) is 6.77. The van der Waals surface area contributed by atoms with Gasteiger partial charge in [-0.05, 0) is 25.1 Å². The van der Waals surface area contributed by atoms with Crippen LogP contribution in [0.5, 0.6) is 5.75 Å². The largest absolute Gasteiger partial charge is 0.495 e. The average molecular weight is 405 g/mol. The number of amides is 3. The molecule has 28 heavy (non-hydrogen) atoms. The summed E-state index contributed by atoms with van der Waals surface area (Å²) in [6.45, 7) is 5.70. The maximum absolute atomic E-state index is 13.0. The predicted molar refractivity (Wildman–Crippen MR) is 106 cm³/mol. The number of carbonyl (C=O) groups is 2. The Morgan fingerprint density at radius 1 is 1.36 bits per heavy atom. The monoisotopic (exact) mass is 404 g/mol. The van der Waals surface area contributed by atoms with Gasteiger partial charge >= 0.3 is 12.0 Å². The highest BCUT2D eigenvalue weighted by Gasteiger charge is 2.54. The molecule has 3 aliphatic heterocycles. The number of anilines is 1. The summed E-state index contributed by atoms with van der Waals surface area (Å²) in [6, 6.07) is 4.66. The summed E-state index contributed by atoms with van der Waals surface area (Å²) in [5, 5.41) is 0.508. The van der Waals surface area contributed by atoms with Crippen LogP contribution in [0.15, 0.2) is 23.2 Å². The molecule has 1 aromatic carbocycles. The molecule has 9 heteroatoms. The highest BCUT2D eigenvalue weighted by Crippen LogP contribution is 2.32. The molecule has 4 rings (SSSR count). The summed E-state index contributed by atoms with van der Waals surface area (Å²) in [6.07, 6.45) is 0. The molecule has 0 aliphatic carbocycles. The molecule has 0 bridgehead atoms. The van der Waals surface area contributed by atoms with E-state index in [4.69, 9.17) is 21.3 Å². The molecule has 8 nitrogen and oxygen atoms in total. The van der Waals surface area contributed by atoms with Crippen molar-refractivity contribution in [1.29, 1.82) is 0 Å². The molecule has 148 valence electrons. The van der Waals surface area contributed by atoms with Crippen molar-refractivity contribution in [2.24, 2.45) is 10.9 Å². The van der Waals surface area contributed by atoms with Gasteiger partial charge in [-0.1, -0.05) is 23.5 Å². The lowest BCUT2D eigenvalue weighted by molar-refractivity contribution is -0.545. The quantitative estimate of drug-likeness (QED) is 0.721. The van der Waals surface area contributed by atoms with Crippen LogP contribution >= 0.6 is 11.6 Å². The zero-order valence-electron chi connectivity index (χ0n) is 16.3. The Kier molecular flexibility index (Phi) is 4.53. The molecule has 3 heterocycles. The Bertz CT molecular complexity index is 928. The molecular weight excluding hydrogens is 382 g/mol. The molecule has 0 aromatic heterocycles. The molecule has 1 fully saturated rings. The van der Waals surface area contributed by atoms with Crippen molar-refractivity contribution >= 4 is 41.0 Å². The topological polar surface area (TPSA) is 68.5 Å². The number of likely N-dealkylation sites (N-methyl/N-ethyl adjacent to an activating group) is 2. The van der Waals surface area contributed by atoms with Gasteiger partial charge in [-0.2, -0.15) is 0 Å². The molecule has 2 atom stereocenters. The smallest absolute Gasteiger partial charge is 0.397 e. The van der Waals surface area contributed by atoms with Crippen molar-refractivity contribution in [3.05, 3.63) is 23.2 Å². The third kappa shape index (κ3) is 2.66. The summed E-state index contributed by atoms with van der Waals surface area (Å²) >= 11 is 6.33. The van der Waals surface area contributed by atoms with E-state index in [1.807, 2.05) is 27.7 Å². The van der Waals surface area contributed by atoms with Crippen LogP contribution in [-0.2, 0) is 4.79 Å². The number of halogens is 1. The first-order chi connectivity index (χ1) is 13.4. The van der Waals surface area contributed by atoms with Crippen molar-refractivity contribution in [1.82, 2.24) is 9.80 Å². The zero-order valence-corrected chi connectivity index (χ0v) is 17.1. The summed E-state index contributed by atoms with van der Waals surface area (Å²) in [5.41, 5.74) is 0.870. The number of methoxy groups -OCH3 is 1. The molecule has 0 radical (unpaired) electrons. The Morgan fingerprint density at radius 2 is 2.11 bits per heavy atom. The van der Waals surface area contributed by atoms with Crippen LogP contribution in [0.3, 0.4) is 0 Å². The molecular formula is C19H23ClN5O3+. The number of amidine groups is 1. The third-order valence-corrected chi connectivity index (χ3v) is 5.69. The minimum absolute atomic E-state index is 0.221. The zero-order chi connectivity index (χ0) is 20.2. The molecule has 0 spiro atoms. The number of nitrogens with zero attached hydrogens (tertiary/aromatic N) is 5. The molecule has 3 amide bonds. The standard InChI is InChI=1S/C19H23ClN5O3/c1-5-23-17(26)15-16(22(3)19(23)27)21-18-24(9-11(2)10-25(15)18)12-6-7-14(28-4)13(20)8-12/h6-8,11,15H,5,9-10H2,1-4H3/q+1. The first-order valence-electron chi connectivity index (χ1n) is 9.29. The van der Waals surface area contributed by atoms with Crippen molar-refractivity contribution in [3.8, 4) is 5.75 Å². The number of guanidine groups is 1. The van der Waals surface area contributed by atoms with Crippen LogP contribution in [0.25, 0.3) is 0 Å². The summed E-state index contributed by atoms with van der Waals surface area (Å²) in [7, 11) is 3.24. The van der Waals surface area contributed by atoms with Gasteiger partial charge in [0.1, 0.15) is 11.4 Å². The van der Waals surface area contributed by atoms with Gasteiger partial charge in [0.05, 0.1) is 25.2 Å². The van der Waals surface area contributed by atoms with E-state index in [2.05, 4.69) is 6.92 Å². The van der Waals surface area contributed by atoms with Crippen LogP contribution in [0.1, 0.15) is 13.8 Å². The van der Waals surface area contributed by atoms with E-state index in [1.165, 1.54) is 9.80 Å². The van der Waals surface area contributed by atoms with Gasteiger partial charge in [0.2, 0.25) is 11.9 Å². The summed E-state index contributed by atoms with van der Waals surface area (Å²) in [4.78, 5) is 35.1. The number of aliphatic imine (C=N–C) groups is 1. The number of hydrogen-bond donors (Lipinski definition) is 0. The normalized spacial score (nSPS) is 24.5. The predicted octanol–water partition coefficient (Wildman–Crippen LogP) is 1.87. The number of rotatable bonds is 3. The number of urea groups is 1. The minimum Gasteiger partial charge on any atom is -0.495 e. The van der Waals surface area contributed by atoms with Gasteiger partial charge in [0, 0.05) is 19.5 Å². The average Bonchev–Trinajstić information content (AvgIpc) is 3.05. The van der Waals surface area contributed by atoms with Crippen LogP contribution in [0, 0.1) is 5.92 Å². The lowest BCUT2D eigenvalue weighted by Crippen LogP contribution is -2.63. The molecule has 3 aliphatic rings. The Balaban J connectivity index is 1.80. The van der Waals surface area contributed by atoms with Crippen LogP contribution in [-0.4, -0.2) is 77.9 Å². The number of carbonyl (C=O) groups excluding carboxylic acids is 2. The van der Waals surface area contributed by atoms with E-state index >= 15 is 0 Å². The number of ether oxygens (including phenoxy) is 1. The van der Waals surface area contributed by atoms with Gasteiger partial charge in [-0.15, -0.1) is 0 Å². The Morgan fingerprint density at radius 3 is 2.75 bits per heavy atom. The fraction of sp³-hybridized carbons (Fsp3) is 0.474. The molecule has 0 saturated carbocycles. The number of imide groups is 1. The summed E-state index contributed by atoms with van der Waals surface area (Å²) < 4.78 is 7.24. The van der Waals surface area contributed by atoms with Crippen molar-refractivity contribution in [2.75, 3.05) is 38.7 Å². The van der Waals surface area contributed by atoms with E-state index in [-0.39, 0.29) is 11.9 Å². The molecule has 1 aromatic rings. The van der Waals surface area contributed by atoms with E-state index in [0.29, 0.717) is 41.6 Å². The van der Waals surface area contributed by atoms with Crippen LogP contribution < -0.4 is 9.64 Å². The second-order valence-corrected chi connectivity index (χ2v) is 7.69. The fourth-order valence-corrected chi connectivity index (χ4v) is 4.28. The van der Waals surface area contributed by atoms with Crippen molar-refractivity contribution in [3.63, 3.8) is 0 Å². The van der Waals surface area contributed by atoms with Gasteiger partial charge in [-0.3, -0.25) is 14.6 Å². The van der Waals surface area contributed by atoms with Crippen molar-refractivity contribution < 1.29 is 18.9 Å². The lowest BCUT2D eigenvalue weighted by atomic mass is 10.1. The summed E-state index contributed by atoms with van der Waals surface area (Å²) in [5.74, 6) is 1.83. The Labute approximate surface area is 168 Å².